The zero-order chi connectivity index (χ0) is 23.9. The van der Waals surface area contributed by atoms with E-state index in [0.717, 1.165) is 53.7 Å². The third-order valence-corrected chi connectivity index (χ3v) is 6.18. The Kier molecular flexibility index (Phi) is 5.51. The molecule has 0 bridgehead atoms. The fraction of sp³-hybridized carbons (Fsp3) is 0.231. The predicted octanol–water partition coefficient (Wildman–Crippen LogP) is 6.47. The van der Waals surface area contributed by atoms with Crippen molar-refractivity contribution in [3.05, 3.63) is 89.4 Å². The monoisotopic (exact) mass is 465 g/mol. The van der Waals surface area contributed by atoms with Crippen LogP contribution in [0, 0.1) is 6.92 Å². The van der Waals surface area contributed by atoms with E-state index in [4.69, 9.17) is 4.74 Å². The van der Waals surface area contributed by atoms with E-state index in [1.54, 1.807) is 6.20 Å². The normalized spacial score (nSPS) is 17.9. The topological polar surface area (TPSA) is 67.0 Å². The molecule has 0 aliphatic heterocycles. The molecule has 174 valence electrons. The van der Waals surface area contributed by atoms with Crippen molar-refractivity contribution in [1.82, 2.24) is 9.97 Å². The summed E-state index contributed by atoms with van der Waals surface area (Å²) >= 11 is 0. The fourth-order valence-corrected chi connectivity index (χ4v) is 4.13. The fourth-order valence-electron chi connectivity index (χ4n) is 4.13. The van der Waals surface area contributed by atoms with Crippen LogP contribution in [0.15, 0.2) is 67.0 Å². The van der Waals surface area contributed by atoms with Gasteiger partial charge in [0.25, 0.3) is 5.91 Å². The molecule has 8 heteroatoms. The molecule has 1 saturated carbocycles. The van der Waals surface area contributed by atoms with Crippen molar-refractivity contribution in [2.75, 3.05) is 5.32 Å². The summed E-state index contributed by atoms with van der Waals surface area (Å²) in [5, 5.41) is 3.53. The third-order valence-electron chi connectivity index (χ3n) is 6.18. The van der Waals surface area contributed by atoms with Crippen molar-refractivity contribution in [2.24, 2.45) is 0 Å². The Bertz CT molecular complexity index is 1320. The van der Waals surface area contributed by atoms with Gasteiger partial charge in [-0.2, -0.15) is 13.2 Å². The average Bonchev–Trinajstić information content (AvgIpc) is 3.18. The van der Waals surface area contributed by atoms with Gasteiger partial charge in [-0.05, 0) is 79.8 Å². The number of amides is 1. The number of alkyl halides is 3. The average molecular weight is 465 g/mol. The van der Waals surface area contributed by atoms with Crippen LogP contribution < -0.4 is 10.1 Å². The van der Waals surface area contributed by atoms with E-state index in [1.165, 1.54) is 5.56 Å². The smallest absolute Gasteiger partial charge is 0.416 e. The number of carbonyl (C=O) groups is 1. The van der Waals surface area contributed by atoms with Crippen LogP contribution in [-0.4, -0.2) is 22.0 Å². The Morgan fingerprint density at radius 2 is 1.85 bits per heavy atom. The minimum Gasteiger partial charge on any atom is -0.490 e. The van der Waals surface area contributed by atoms with E-state index in [2.05, 4.69) is 21.4 Å². The van der Waals surface area contributed by atoms with Crippen molar-refractivity contribution in [3.8, 4) is 5.75 Å². The molecule has 0 saturated heterocycles. The number of H-pyrrole nitrogens is 1. The van der Waals surface area contributed by atoms with Gasteiger partial charge in [0.05, 0.1) is 17.4 Å². The molecule has 1 aliphatic carbocycles. The molecule has 1 aliphatic rings. The van der Waals surface area contributed by atoms with E-state index in [1.807, 2.05) is 37.4 Å². The van der Waals surface area contributed by atoms with Gasteiger partial charge in [-0.25, -0.2) is 0 Å². The molecule has 1 amide bonds. The standard InChI is InChI=1S/C26H22F3N3O2/c1-15-2-3-17(13-30-15)18-10-21(11-18)34-20-8-9-23-22(12-20)24(14-31-23)32-25(33)16-4-6-19(7-5-16)26(27,28)29/h2-9,12-14,18,21,31H,10-11H2,1H3,(H,32,33). The Balaban J connectivity index is 1.25. The second-order valence-electron chi connectivity index (χ2n) is 8.58. The number of carbonyl (C=O) groups excluding carboxylic acids is 1. The molecule has 2 aromatic carbocycles. The maximum Gasteiger partial charge on any atom is 0.416 e. The van der Waals surface area contributed by atoms with Crippen LogP contribution in [0.25, 0.3) is 10.9 Å². The van der Waals surface area contributed by atoms with Crippen LogP contribution in [0.3, 0.4) is 0 Å². The van der Waals surface area contributed by atoms with Crippen LogP contribution in [0.5, 0.6) is 5.75 Å². The highest BCUT2D eigenvalue weighted by molar-refractivity contribution is 6.09. The van der Waals surface area contributed by atoms with Crippen molar-refractivity contribution < 1.29 is 22.7 Å². The summed E-state index contributed by atoms with van der Waals surface area (Å²) < 4.78 is 44.4. The van der Waals surface area contributed by atoms with Gasteiger partial charge in [-0.1, -0.05) is 6.07 Å². The van der Waals surface area contributed by atoms with Crippen LogP contribution in [0.2, 0.25) is 0 Å². The molecular weight excluding hydrogens is 443 g/mol. The maximum absolute atomic E-state index is 12.8. The number of aromatic nitrogens is 2. The summed E-state index contributed by atoms with van der Waals surface area (Å²) in [6.07, 6.45) is 1.06. The molecule has 0 atom stereocenters. The Hall–Kier alpha value is -3.81. The molecule has 2 N–H and O–H groups in total. The summed E-state index contributed by atoms with van der Waals surface area (Å²) in [4.78, 5) is 20.0. The minimum atomic E-state index is -4.44. The van der Waals surface area contributed by atoms with Crippen LogP contribution >= 0.6 is 0 Å². The van der Waals surface area contributed by atoms with Gasteiger partial charge in [0.15, 0.2) is 0 Å². The Labute approximate surface area is 194 Å². The number of hydrogen-bond acceptors (Lipinski definition) is 3. The van der Waals surface area contributed by atoms with Crippen molar-refractivity contribution in [3.63, 3.8) is 0 Å². The molecule has 5 nitrogen and oxygen atoms in total. The van der Waals surface area contributed by atoms with Crippen LogP contribution in [0.1, 0.15) is 45.9 Å². The highest BCUT2D eigenvalue weighted by Gasteiger charge is 2.32. The minimum absolute atomic E-state index is 0.105. The first kappa shape index (κ1) is 22.0. The van der Waals surface area contributed by atoms with Gasteiger partial charge in [-0.15, -0.1) is 0 Å². The first-order valence-corrected chi connectivity index (χ1v) is 11.0. The van der Waals surface area contributed by atoms with Gasteiger partial charge in [0, 0.05) is 34.6 Å². The zero-order valence-electron chi connectivity index (χ0n) is 18.3. The molecule has 0 spiro atoms. The number of hydrogen-bond donors (Lipinski definition) is 2. The Morgan fingerprint density at radius 3 is 2.53 bits per heavy atom. The number of aromatic amines is 1. The number of aryl methyl sites for hydroxylation is 1. The number of ether oxygens (including phenoxy) is 1. The van der Waals surface area contributed by atoms with E-state index >= 15 is 0 Å². The number of halogens is 3. The summed E-state index contributed by atoms with van der Waals surface area (Å²) in [5.41, 5.74) is 2.90. The van der Waals surface area contributed by atoms with E-state index < -0.39 is 17.6 Å². The van der Waals surface area contributed by atoms with Gasteiger partial charge in [0.1, 0.15) is 5.75 Å². The zero-order valence-corrected chi connectivity index (χ0v) is 18.3. The van der Waals surface area contributed by atoms with Gasteiger partial charge >= 0.3 is 6.18 Å². The van der Waals surface area contributed by atoms with Crippen LogP contribution in [-0.2, 0) is 6.18 Å². The van der Waals surface area contributed by atoms with Gasteiger partial charge in [0.2, 0.25) is 0 Å². The van der Waals surface area contributed by atoms with Crippen molar-refractivity contribution >= 4 is 22.5 Å². The number of fused-ring (bicyclic) bond motifs is 1. The lowest BCUT2D eigenvalue weighted by Crippen LogP contribution is -2.32. The summed E-state index contributed by atoms with van der Waals surface area (Å²) in [7, 11) is 0. The number of nitrogens with zero attached hydrogens (tertiary/aromatic N) is 1. The summed E-state index contributed by atoms with van der Waals surface area (Å²) in [6, 6.07) is 13.9. The molecule has 2 aromatic heterocycles. The number of benzene rings is 2. The molecule has 2 heterocycles. The maximum atomic E-state index is 12.8. The SMILES string of the molecule is Cc1ccc(C2CC(Oc3ccc4[nH]cc(NC(=O)c5ccc(C(F)(F)F)cc5)c4c3)C2)cn1. The van der Waals surface area contributed by atoms with Crippen LogP contribution in [0.4, 0.5) is 18.9 Å². The van der Waals surface area contributed by atoms with E-state index in [9.17, 15) is 18.0 Å². The predicted molar refractivity (Wildman–Crippen MR) is 123 cm³/mol. The molecule has 1 fully saturated rings. The molecule has 4 aromatic rings. The number of rotatable bonds is 5. The highest BCUT2D eigenvalue weighted by Crippen LogP contribution is 2.39. The summed E-state index contributed by atoms with van der Waals surface area (Å²) in [5.74, 6) is 0.643. The first-order valence-electron chi connectivity index (χ1n) is 11.0. The highest BCUT2D eigenvalue weighted by atomic mass is 19.4. The molecule has 0 unspecified atom stereocenters. The lowest BCUT2D eigenvalue weighted by molar-refractivity contribution is -0.137. The first-order chi connectivity index (χ1) is 16.3. The van der Waals surface area contributed by atoms with E-state index in [0.29, 0.717) is 17.4 Å². The second-order valence-corrected chi connectivity index (χ2v) is 8.58. The van der Waals surface area contributed by atoms with Crippen molar-refractivity contribution in [2.45, 2.75) is 38.0 Å². The Morgan fingerprint density at radius 1 is 1.09 bits per heavy atom. The summed E-state index contributed by atoms with van der Waals surface area (Å²) in [6.45, 7) is 1.97. The molecule has 0 radical (unpaired) electrons. The lowest BCUT2D eigenvalue weighted by atomic mass is 9.78. The lowest BCUT2D eigenvalue weighted by Gasteiger charge is -2.35. The second kappa shape index (κ2) is 8.52. The number of pyridine rings is 1. The number of nitrogens with one attached hydrogen (secondary N) is 2. The molecule has 34 heavy (non-hydrogen) atoms. The molecule has 5 rings (SSSR count). The number of anilines is 1. The van der Waals surface area contributed by atoms with Crippen molar-refractivity contribution in [1.29, 1.82) is 0 Å². The van der Waals surface area contributed by atoms with Gasteiger partial charge in [-0.3, -0.25) is 9.78 Å². The quantitative estimate of drug-likeness (QED) is 0.355. The largest absolute Gasteiger partial charge is 0.490 e. The molecular formula is C26H22F3N3O2. The third kappa shape index (κ3) is 4.48. The van der Waals surface area contributed by atoms with Gasteiger partial charge < -0.3 is 15.0 Å². The van der Waals surface area contributed by atoms with E-state index in [-0.39, 0.29) is 11.7 Å².